The summed E-state index contributed by atoms with van der Waals surface area (Å²) < 4.78 is 0. The fraction of sp³-hybridized carbons (Fsp3) is 0.389. The Kier molecular flexibility index (Phi) is 6.14. The summed E-state index contributed by atoms with van der Waals surface area (Å²) >= 11 is 12.2. The molecule has 2 rings (SSSR count). The minimum absolute atomic E-state index is 0.461. The van der Waals surface area contributed by atoms with E-state index in [1.54, 1.807) is 6.07 Å². The van der Waals surface area contributed by atoms with Crippen LogP contribution in [-0.4, -0.2) is 11.0 Å². The number of nitrogens with one attached hydrogen (secondary N) is 2. The first-order valence-electron chi connectivity index (χ1n) is 7.91. The largest absolute Gasteiger partial charge is 0.382 e. The Balaban J connectivity index is 2.33. The Bertz CT molecular complexity index is 682. The third kappa shape index (κ3) is 4.52. The summed E-state index contributed by atoms with van der Waals surface area (Å²) in [5.41, 5.74) is 3.94. The number of hydrogen-bond acceptors (Lipinski definition) is 3. The van der Waals surface area contributed by atoms with Gasteiger partial charge in [-0.2, -0.15) is 0 Å². The van der Waals surface area contributed by atoms with Crippen molar-refractivity contribution in [3.05, 3.63) is 45.6 Å². The maximum Gasteiger partial charge on any atom is 0.135 e. The third-order valence-electron chi connectivity index (χ3n) is 3.93. The van der Waals surface area contributed by atoms with Gasteiger partial charge in [0.05, 0.1) is 10.7 Å². The van der Waals surface area contributed by atoms with Gasteiger partial charge >= 0.3 is 0 Å². The van der Waals surface area contributed by atoms with Crippen LogP contribution in [0, 0.1) is 13.8 Å². The predicted octanol–water partition coefficient (Wildman–Crippen LogP) is 6.35. The van der Waals surface area contributed by atoms with E-state index in [-0.39, 0.29) is 0 Å². The molecule has 0 unspecified atom stereocenters. The number of aromatic nitrogens is 1. The van der Waals surface area contributed by atoms with Crippen molar-refractivity contribution in [3.8, 4) is 0 Å². The molecule has 2 aromatic rings. The Hall–Kier alpha value is -1.45. The van der Waals surface area contributed by atoms with E-state index in [4.69, 9.17) is 23.2 Å². The molecule has 0 saturated carbocycles. The molecule has 1 heterocycles. The minimum atomic E-state index is 0.461. The normalized spacial score (nSPS) is 10.9. The molecular formula is C18H23Cl2N3. The van der Waals surface area contributed by atoms with Gasteiger partial charge in [0.2, 0.25) is 0 Å². The summed E-state index contributed by atoms with van der Waals surface area (Å²) in [6, 6.07) is 7.94. The molecule has 124 valence electrons. The Morgan fingerprint density at radius 3 is 2.35 bits per heavy atom. The highest BCUT2D eigenvalue weighted by atomic mass is 35.5. The van der Waals surface area contributed by atoms with E-state index in [1.165, 1.54) is 0 Å². The van der Waals surface area contributed by atoms with Crippen molar-refractivity contribution in [3.63, 3.8) is 0 Å². The van der Waals surface area contributed by atoms with Gasteiger partial charge in [0.15, 0.2) is 0 Å². The zero-order valence-corrected chi connectivity index (χ0v) is 15.5. The quantitative estimate of drug-likeness (QED) is 0.636. The van der Waals surface area contributed by atoms with Gasteiger partial charge in [0.25, 0.3) is 0 Å². The van der Waals surface area contributed by atoms with Gasteiger partial charge in [-0.3, -0.25) is 0 Å². The summed E-state index contributed by atoms with van der Waals surface area (Å²) in [4.78, 5) is 4.61. The molecule has 3 nitrogen and oxygen atoms in total. The van der Waals surface area contributed by atoms with Crippen LogP contribution in [-0.2, 0) is 0 Å². The lowest BCUT2D eigenvalue weighted by Crippen LogP contribution is -2.18. The van der Waals surface area contributed by atoms with Gasteiger partial charge in [0, 0.05) is 28.0 Å². The summed E-state index contributed by atoms with van der Waals surface area (Å²) in [5.74, 6) is 0.808. The standard InChI is InChI=1S/C18H23Cl2N3/c1-5-14(6-2)22-17-9-11(3)21-18(12(17)4)23-16-8-7-13(19)10-15(16)20/h7-10,14H,5-6H2,1-4H3,(H2,21,22,23). The van der Waals surface area contributed by atoms with Crippen molar-refractivity contribution in [1.82, 2.24) is 4.98 Å². The average molecular weight is 352 g/mol. The number of nitrogens with zero attached hydrogens (tertiary/aromatic N) is 1. The highest BCUT2D eigenvalue weighted by Crippen LogP contribution is 2.31. The molecule has 0 aliphatic carbocycles. The van der Waals surface area contributed by atoms with Gasteiger partial charge < -0.3 is 10.6 Å². The predicted molar refractivity (Wildman–Crippen MR) is 101 cm³/mol. The van der Waals surface area contributed by atoms with Gasteiger partial charge in [-0.05, 0) is 51.0 Å². The zero-order chi connectivity index (χ0) is 17.0. The number of benzene rings is 1. The van der Waals surface area contributed by atoms with Crippen LogP contribution in [0.15, 0.2) is 24.3 Å². The van der Waals surface area contributed by atoms with Crippen molar-refractivity contribution in [2.24, 2.45) is 0 Å². The molecule has 2 N–H and O–H groups in total. The number of anilines is 3. The molecule has 23 heavy (non-hydrogen) atoms. The first-order valence-corrected chi connectivity index (χ1v) is 8.67. The number of hydrogen-bond donors (Lipinski definition) is 2. The smallest absolute Gasteiger partial charge is 0.135 e. The van der Waals surface area contributed by atoms with Crippen LogP contribution >= 0.6 is 23.2 Å². The molecule has 1 aromatic heterocycles. The molecule has 0 bridgehead atoms. The van der Waals surface area contributed by atoms with Crippen molar-refractivity contribution in [2.45, 2.75) is 46.6 Å². The molecule has 0 fully saturated rings. The Morgan fingerprint density at radius 2 is 1.74 bits per heavy atom. The molecule has 1 aromatic carbocycles. The molecule has 5 heteroatoms. The lowest BCUT2D eigenvalue weighted by molar-refractivity contribution is 0.671. The third-order valence-corrected chi connectivity index (χ3v) is 4.48. The van der Waals surface area contributed by atoms with Gasteiger partial charge in [-0.15, -0.1) is 0 Å². The topological polar surface area (TPSA) is 37.0 Å². The van der Waals surface area contributed by atoms with Gasteiger partial charge in [-0.1, -0.05) is 37.0 Å². The maximum absolute atomic E-state index is 6.25. The SMILES string of the molecule is CCC(CC)Nc1cc(C)nc(Nc2ccc(Cl)cc2Cl)c1C. The van der Waals surface area contributed by atoms with Crippen LogP contribution in [0.1, 0.15) is 37.9 Å². The summed E-state index contributed by atoms with van der Waals surface area (Å²) in [6.45, 7) is 8.43. The monoisotopic (exact) mass is 351 g/mol. The highest BCUT2D eigenvalue weighted by Gasteiger charge is 2.12. The summed E-state index contributed by atoms with van der Waals surface area (Å²) in [6.07, 6.45) is 2.17. The Morgan fingerprint density at radius 1 is 1.04 bits per heavy atom. The van der Waals surface area contributed by atoms with E-state index < -0.39 is 0 Å². The van der Waals surface area contributed by atoms with E-state index in [9.17, 15) is 0 Å². The van der Waals surface area contributed by atoms with Crippen molar-refractivity contribution >= 4 is 40.4 Å². The molecule has 0 atom stereocenters. The first kappa shape index (κ1) is 17.9. The molecule has 0 radical (unpaired) electrons. The second-order valence-corrected chi connectivity index (χ2v) is 6.54. The van der Waals surface area contributed by atoms with Crippen LogP contribution in [0.4, 0.5) is 17.2 Å². The number of aryl methyl sites for hydroxylation is 1. The van der Waals surface area contributed by atoms with E-state index in [0.29, 0.717) is 16.1 Å². The Labute approximate surface area is 148 Å². The number of rotatable bonds is 6. The summed E-state index contributed by atoms with van der Waals surface area (Å²) in [7, 11) is 0. The lowest BCUT2D eigenvalue weighted by atomic mass is 10.1. The van der Waals surface area contributed by atoms with Crippen molar-refractivity contribution < 1.29 is 0 Å². The van der Waals surface area contributed by atoms with E-state index in [1.807, 2.05) is 19.1 Å². The van der Waals surface area contributed by atoms with Gasteiger partial charge in [-0.25, -0.2) is 4.98 Å². The fourth-order valence-corrected chi connectivity index (χ4v) is 2.90. The number of pyridine rings is 1. The van der Waals surface area contributed by atoms with Crippen LogP contribution in [0.2, 0.25) is 10.0 Å². The van der Waals surface area contributed by atoms with Crippen molar-refractivity contribution in [2.75, 3.05) is 10.6 Å². The molecule has 0 amide bonds. The average Bonchev–Trinajstić information content (AvgIpc) is 2.51. The van der Waals surface area contributed by atoms with E-state index >= 15 is 0 Å². The molecule has 0 saturated heterocycles. The minimum Gasteiger partial charge on any atom is -0.382 e. The second kappa shape index (κ2) is 7.89. The second-order valence-electron chi connectivity index (χ2n) is 5.69. The highest BCUT2D eigenvalue weighted by molar-refractivity contribution is 6.36. The van der Waals surface area contributed by atoms with Crippen molar-refractivity contribution in [1.29, 1.82) is 0 Å². The van der Waals surface area contributed by atoms with E-state index in [0.717, 1.165) is 41.3 Å². The molecular weight excluding hydrogens is 329 g/mol. The summed E-state index contributed by atoms with van der Waals surface area (Å²) in [5, 5.41) is 8.11. The van der Waals surface area contributed by atoms with Crippen LogP contribution < -0.4 is 10.6 Å². The van der Waals surface area contributed by atoms with Crippen LogP contribution in [0.5, 0.6) is 0 Å². The van der Waals surface area contributed by atoms with Crippen LogP contribution in [0.25, 0.3) is 0 Å². The maximum atomic E-state index is 6.25. The lowest BCUT2D eigenvalue weighted by Gasteiger charge is -2.20. The molecule has 0 aliphatic heterocycles. The fourth-order valence-electron chi connectivity index (χ4n) is 2.44. The van der Waals surface area contributed by atoms with E-state index in [2.05, 4.69) is 42.5 Å². The molecule has 0 aliphatic rings. The molecule has 0 spiro atoms. The van der Waals surface area contributed by atoms with Crippen LogP contribution in [0.3, 0.4) is 0 Å². The van der Waals surface area contributed by atoms with Gasteiger partial charge in [0.1, 0.15) is 5.82 Å². The number of halogens is 2. The first-order chi connectivity index (χ1) is 10.9. The zero-order valence-electron chi connectivity index (χ0n) is 14.0.